The van der Waals surface area contributed by atoms with Crippen molar-refractivity contribution in [2.75, 3.05) is 26.3 Å². The molecule has 4 aromatic carbocycles. The summed E-state index contributed by atoms with van der Waals surface area (Å²) in [4.78, 5) is 26.8. The van der Waals surface area contributed by atoms with Crippen LogP contribution < -0.4 is 4.74 Å². The molecule has 1 amide bonds. The fraction of sp³-hybridized carbons (Fsp3) is 0.351. The molecule has 4 aromatic rings. The van der Waals surface area contributed by atoms with Crippen LogP contribution in [-0.4, -0.2) is 55.0 Å². The molecule has 1 aliphatic heterocycles. The Labute approximate surface area is 259 Å². The summed E-state index contributed by atoms with van der Waals surface area (Å²) in [6.07, 6.45) is 0.838. The fourth-order valence-corrected chi connectivity index (χ4v) is 5.37. The number of benzene rings is 4. The van der Waals surface area contributed by atoms with Crippen LogP contribution >= 0.6 is 0 Å². The highest BCUT2D eigenvalue weighted by atomic mass is 16.6. The smallest absolute Gasteiger partial charge is 0.410 e. The van der Waals surface area contributed by atoms with Gasteiger partial charge in [-0.3, -0.25) is 0 Å². The van der Waals surface area contributed by atoms with Gasteiger partial charge in [-0.05, 0) is 79.4 Å². The number of fused-ring (bicyclic) bond motifs is 1. The summed E-state index contributed by atoms with van der Waals surface area (Å²) in [7, 11) is 0. The van der Waals surface area contributed by atoms with Gasteiger partial charge in [0, 0.05) is 18.9 Å². The second kappa shape index (κ2) is 14.4. The van der Waals surface area contributed by atoms with E-state index in [1.165, 1.54) is 10.8 Å². The highest BCUT2D eigenvalue weighted by Crippen LogP contribution is 2.33. The molecule has 1 heterocycles. The van der Waals surface area contributed by atoms with Gasteiger partial charge in [0.2, 0.25) is 0 Å². The Morgan fingerprint density at radius 2 is 1.57 bits per heavy atom. The Hall–Kier alpha value is -4.36. The maximum absolute atomic E-state index is 12.9. The number of likely N-dealkylation sites (tertiary alicyclic amines) is 1. The first-order valence-corrected chi connectivity index (χ1v) is 15.3. The number of hydrogen-bond acceptors (Lipinski definition) is 6. The van der Waals surface area contributed by atoms with Gasteiger partial charge in [-0.15, -0.1) is 0 Å². The van der Waals surface area contributed by atoms with Crippen LogP contribution in [0.3, 0.4) is 0 Å². The summed E-state index contributed by atoms with van der Waals surface area (Å²) in [6.45, 7) is 7.86. The van der Waals surface area contributed by atoms with Gasteiger partial charge >= 0.3 is 12.1 Å². The highest BCUT2D eigenvalue weighted by molar-refractivity contribution is 5.89. The molecule has 1 fully saturated rings. The Morgan fingerprint density at radius 3 is 2.32 bits per heavy atom. The number of ether oxygens (including phenoxy) is 4. The van der Waals surface area contributed by atoms with E-state index < -0.39 is 5.60 Å². The van der Waals surface area contributed by atoms with Crippen molar-refractivity contribution < 1.29 is 28.5 Å². The average molecular weight is 596 g/mol. The zero-order valence-corrected chi connectivity index (χ0v) is 25.7. The van der Waals surface area contributed by atoms with Crippen LogP contribution in [0.4, 0.5) is 4.79 Å². The molecule has 0 spiro atoms. The van der Waals surface area contributed by atoms with Gasteiger partial charge < -0.3 is 23.8 Å². The molecular formula is C37H41NO6. The number of esters is 1. The monoisotopic (exact) mass is 595 g/mol. The molecule has 0 aromatic heterocycles. The van der Waals surface area contributed by atoms with Crippen LogP contribution in [0.2, 0.25) is 0 Å². The van der Waals surface area contributed by atoms with Crippen molar-refractivity contribution in [2.45, 2.75) is 57.8 Å². The van der Waals surface area contributed by atoms with Gasteiger partial charge in [0.1, 0.15) is 11.4 Å². The van der Waals surface area contributed by atoms with E-state index in [-0.39, 0.29) is 30.7 Å². The lowest BCUT2D eigenvalue weighted by Gasteiger charge is -2.39. The normalized spacial score (nSPS) is 16.8. The van der Waals surface area contributed by atoms with Crippen molar-refractivity contribution >= 4 is 22.8 Å². The molecule has 0 aliphatic carbocycles. The first kappa shape index (κ1) is 31.1. The van der Waals surface area contributed by atoms with Crippen molar-refractivity contribution in [2.24, 2.45) is 0 Å². The van der Waals surface area contributed by atoms with Gasteiger partial charge in [0.05, 0.1) is 38.0 Å². The minimum absolute atomic E-state index is 0.112. The predicted molar refractivity (Wildman–Crippen MR) is 171 cm³/mol. The maximum Gasteiger partial charge on any atom is 0.410 e. The second-order valence-electron chi connectivity index (χ2n) is 12.1. The van der Waals surface area contributed by atoms with Crippen LogP contribution in [0.1, 0.15) is 61.0 Å². The minimum Gasteiger partial charge on any atom is -0.493 e. The summed E-state index contributed by atoms with van der Waals surface area (Å²) in [6, 6.07) is 31.7. The van der Waals surface area contributed by atoms with Gasteiger partial charge in [0.15, 0.2) is 0 Å². The maximum atomic E-state index is 12.9. The molecule has 1 aliphatic rings. The van der Waals surface area contributed by atoms with Crippen molar-refractivity contribution in [1.82, 2.24) is 4.90 Å². The lowest BCUT2D eigenvalue weighted by Crippen LogP contribution is -2.48. The number of piperidine rings is 1. The van der Waals surface area contributed by atoms with E-state index in [1.807, 2.05) is 63.2 Å². The van der Waals surface area contributed by atoms with Crippen LogP contribution in [0, 0.1) is 0 Å². The quantitative estimate of drug-likeness (QED) is 0.138. The molecule has 7 nitrogen and oxygen atoms in total. The van der Waals surface area contributed by atoms with Gasteiger partial charge in [-0.1, -0.05) is 66.7 Å². The largest absolute Gasteiger partial charge is 0.493 e. The molecular weight excluding hydrogens is 554 g/mol. The molecule has 2 unspecified atom stereocenters. The van der Waals surface area contributed by atoms with Crippen molar-refractivity contribution in [3.63, 3.8) is 0 Å². The second-order valence-corrected chi connectivity index (χ2v) is 12.1. The molecule has 0 saturated carbocycles. The van der Waals surface area contributed by atoms with E-state index in [9.17, 15) is 9.59 Å². The third-order valence-corrected chi connectivity index (χ3v) is 7.60. The molecule has 44 heavy (non-hydrogen) atoms. The van der Waals surface area contributed by atoms with Crippen LogP contribution in [-0.2, 0) is 20.8 Å². The summed E-state index contributed by atoms with van der Waals surface area (Å²) >= 11 is 0. The molecule has 2 atom stereocenters. The summed E-state index contributed by atoms with van der Waals surface area (Å²) < 4.78 is 23.5. The van der Waals surface area contributed by atoms with Gasteiger partial charge in [-0.2, -0.15) is 0 Å². The van der Waals surface area contributed by atoms with E-state index in [2.05, 4.69) is 42.5 Å². The Kier molecular flexibility index (Phi) is 10.2. The van der Waals surface area contributed by atoms with Gasteiger partial charge in [-0.25, -0.2) is 9.59 Å². The molecule has 230 valence electrons. The third-order valence-electron chi connectivity index (χ3n) is 7.60. The number of carbonyl (C=O) groups excluding carboxylic acids is 2. The lowest BCUT2D eigenvalue weighted by atomic mass is 9.87. The Morgan fingerprint density at radius 1 is 0.841 bits per heavy atom. The molecule has 7 heteroatoms. The van der Waals surface area contributed by atoms with E-state index in [4.69, 9.17) is 18.9 Å². The standard InChI is InChI=1S/C37H41NO6/c1-37(2,3)44-36(40)38-21-20-33(34(25-38)43-26-27-14-15-28-10-7-8-13-31(28)24-27)29-16-18-32(19-17-29)41-22-9-23-42-35(39)30-11-5-4-6-12-30/h4-8,10-19,24,33-34H,9,20-23,25-26H2,1-3H3. The van der Waals surface area contributed by atoms with E-state index in [0.717, 1.165) is 23.3 Å². The summed E-state index contributed by atoms with van der Waals surface area (Å²) in [5, 5.41) is 2.37. The molecule has 5 rings (SSSR count). The number of amides is 1. The zero-order valence-electron chi connectivity index (χ0n) is 25.7. The van der Waals surface area contributed by atoms with Gasteiger partial charge in [0.25, 0.3) is 0 Å². The number of hydrogen-bond donors (Lipinski definition) is 0. The third kappa shape index (κ3) is 8.60. The van der Waals surface area contributed by atoms with Crippen molar-refractivity contribution in [1.29, 1.82) is 0 Å². The van der Waals surface area contributed by atoms with E-state index in [0.29, 0.717) is 38.3 Å². The van der Waals surface area contributed by atoms with Crippen LogP contribution in [0.25, 0.3) is 10.8 Å². The average Bonchev–Trinajstić information content (AvgIpc) is 3.03. The molecule has 0 N–H and O–H groups in total. The number of carbonyl (C=O) groups is 2. The highest BCUT2D eigenvalue weighted by Gasteiger charge is 2.35. The SMILES string of the molecule is CC(C)(C)OC(=O)N1CCC(c2ccc(OCCCOC(=O)c3ccccc3)cc2)C(OCc2ccc3ccccc3c2)C1. The van der Waals surface area contributed by atoms with Crippen LogP contribution in [0.5, 0.6) is 5.75 Å². The van der Waals surface area contributed by atoms with Crippen molar-refractivity contribution in [3.8, 4) is 5.75 Å². The first-order valence-electron chi connectivity index (χ1n) is 15.3. The van der Waals surface area contributed by atoms with Crippen LogP contribution in [0.15, 0.2) is 97.1 Å². The molecule has 1 saturated heterocycles. The van der Waals surface area contributed by atoms with E-state index in [1.54, 1.807) is 17.0 Å². The zero-order chi connectivity index (χ0) is 30.9. The Balaban J connectivity index is 1.19. The Bertz CT molecular complexity index is 1530. The fourth-order valence-electron chi connectivity index (χ4n) is 5.37. The lowest BCUT2D eigenvalue weighted by molar-refractivity contribution is -0.0359. The topological polar surface area (TPSA) is 74.3 Å². The number of rotatable bonds is 10. The summed E-state index contributed by atoms with van der Waals surface area (Å²) in [5.74, 6) is 0.536. The van der Waals surface area contributed by atoms with Crippen molar-refractivity contribution in [3.05, 3.63) is 114 Å². The minimum atomic E-state index is -0.561. The molecule has 0 radical (unpaired) electrons. The first-order chi connectivity index (χ1) is 21.2. The summed E-state index contributed by atoms with van der Waals surface area (Å²) in [5.41, 5.74) is 2.21. The number of nitrogens with zero attached hydrogens (tertiary/aromatic N) is 1. The van der Waals surface area contributed by atoms with E-state index >= 15 is 0 Å². The predicted octanol–water partition coefficient (Wildman–Crippen LogP) is 7.78. The molecule has 0 bridgehead atoms.